The van der Waals surface area contributed by atoms with Crippen LogP contribution in [-0.4, -0.2) is 28.3 Å². The third kappa shape index (κ3) is 3.78. The molecule has 7 nitrogen and oxygen atoms in total. The standard InChI is InChI=1S/C22H21N3O4S/c1-3-12-25-21(27)20-19(14-8-4-6-10-16(14)29-20)24-22(25)30-13-18(26)23-15-9-5-7-11-17(15)28-2/h4-11H,3,12-13H2,1-2H3,(H,23,26). The number of thioether (sulfide) groups is 1. The number of hydrogen-bond donors (Lipinski definition) is 1. The Bertz CT molecular complexity index is 1280. The minimum atomic E-state index is -0.231. The number of furan rings is 1. The predicted octanol–water partition coefficient (Wildman–Crippen LogP) is 4.29. The van der Waals surface area contributed by atoms with Gasteiger partial charge in [-0.1, -0.05) is 43.0 Å². The van der Waals surface area contributed by atoms with E-state index in [-0.39, 0.29) is 22.8 Å². The highest BCUT2D eigenvalue weighted by Crippen LogP contribution is 2.28. The van der Waals surface area contributed by atoms with E-state index in [1.165, 1.54) is 11.8 Å². The molecule has 0 aliphatic carbocycles. The largest absolute Gasteiger partial charge is 0.495 e. The summed E-state index contributed by atoms with van der Waals surface area (Å²) in [6.45, 7) is 2.48. The van der Waals surface area contributed by atoms with Crippen LogP contribution in [-0.2, 0) is 11.3 Å². The average molecular weight is 423 g/mol. The fourth-order valence-corrected chi connectivity index (χ4v) is 4.07. The van der Waals surface area contributed by atoms with Crippen LogP contribution in [0.25, 0.3) is 22.1 Å². The van der Waals surface area contributed by atoms with Gasteiger partial charge in [-0.2, -0.15) is 0 Å². The van der Waals surface area contributed by atoms with Gasteiger partial charge in [-0.25, -0.2) is 4.98 Å². The Morgan fingerprint density at radius 3 is 2.77 bits per heavy atom. The van der Waals surface area contributed by atoms with E-state index in [1.807, 2.05) is 43.3 Å². The number of carbonyl (C=O) groups is 1. The maximum absolute atomic E-state index is 13.0. The average Bonchev–Trinajstić information content (AvgIpc) is 3.14. The number of rotatable bonds is 7. The highest BCUT2D eigenvalue weighted by molar-refractivity contribution is 7.99. The van der Waals surface area contributed by atoms with Crippen LogP contribution in [0.4, 0.5) is 5.69 Å². The topological polar surface area (TPSA) is 86.4 Å². The van der Waals surface area contributed by atoms with Gasteiger partial charge < -0.3 is 14.5 Å². The van der Waals surface area contributed by atoms with Gasteiger partial charge in [0.15, 0.2) is 5.16 Å². The first-order valence-electron chi connectivity index (χ1n) is 9.60. The van der Waals surface area contributed by atoms with Crippen molar-refractivity contribution in [3.05, 3.63) is 58.9 Å². The Balaban J connectivity index is 1.64. The van der Waals surface area contributed by atoms with E-state index >= 15 is 0 Å². The van der Waals surface area contributed by atoms with Crippen LogP contribution in [0.5, 0.6) is 5.75 Å². The molecule has 4 aromatic rings. The van der Waals surface area contributed by atoms with Crippen molar-refractivity contribution in [2.24, 2.45) is 0 Å². The fourth-order valence-electron chi connectivity index (χ4n) is 3.25. The number of methoxy groups -OCH3 is 1. The molecule has 2 aromatic heterocycles. The number of aromatic nitrogens is 2. The van der Waals surface area contributed by atoms with Crippen molar-refractivity contribution in [2.45, 2.75) is 25.0 Å². The second-order valence-electron chi connectivity index (χ2n) is 6.66. The van der Waals surface area contributed by atoms with Crippen molar-refractivity contribution in [1.29, 1.82) is 0 Å². The molecule has 0 fully saturated rings. The normalized spacial score (nSPS) is 11.1. The molecule has 0 saturated heterocycles. The van der Waals surface area contributed by atoms with Gasteiger partial charge in [0.1, 0.15) is 16.8 Å². The second-order valence-corrected chi connectivity index (χ2v) is 7.61. The Morgan fingerprint density at radius 1 is 1.20 bits per heavy atom. The lowest BCUT2D eigenvalue weighted by atomic mass is 10.2. The van der Waals surface area contributed by atoms with Crippen LogP contribution in [0.15, 0.2) is 62.9 Å². The van der Waals surface area contributed by atoms with E-state index < -0.39 is 0 Å². The summed E-state index contributed by atoms with van der Waals surface area (Å²) >= 11 is 1.23. The molecule has 0 atom stereocenters. The lowest BCUT2D eigenvalue weighted by Gasteiger charge is -2.12. The van der Waals surface area contributed by atoms with E-state index in [9.17, 15) is 9.59 Å². The molecule has 4 rings (SSSR count). The molecular weight excluding hydrogens is 402 g/mol. The smallest absolute Gasteiger partial charge is 0.297 e. The molecule has 8 heteroatoms. The second kappa shape index (κ2) is 8.62. The number of hydrogen-bond acceptors (Lipinski definition) is 6. The first-order chi connectivity index (χ1) is 14.6. The molecule has 0 radical (unpaired) electrons. The lowest BCUT2D eigenvalue weighted by molar-refractivity contribution is -0.113. The Kier molecular flexibility index (Phi) is 5.76. The minimum absolute atomic E-state index is 0.107. The maximum Gasteiger partial charge on any atom is 0.297 e. The summed E-state index contributed by atoms with van der Waals surface area (Å²) in [6, 6.07) is 14.6. The van der Waals surface area contributed by atoms with E-state index in [1.54, 1.807) is 23.8 Å². The predicted molar refractivity (Wildman–Crippen MR) is 118 cm³/mol. The molecule has 154 valence electrons. The fraction of sp³-hybridized carbons (Fsp3) is 0.227. The molecule has 0 aliphatic rings. The van der Waals surface area contributed by atoms with Crippen molar-refractivity contribution >= 4 is 45.4 Å². The summed E-state index contributed by atoms with van der Waals surface area (Å²) < 4.78 is 12.6. The zero-order chi connectivity index (χ0) is 21.1. The Hall–Kier alpha value is -3.26. The number of amides is 1. The van der Waals surface area contributed by atoms with Gasteiger partial charge in [-0.15, -0.1) is 0 Å². The highest BCUT2D eigenvalue weighted by Gasteiger charge is 2.18. The van der Waals surface area contributed by atoms with Crippen molar-refractivity contribution < 1.29 is 13.9 Å². The number of carbonyl (C=O) groups excluding carboxylic acids is 1. The van der Waals surface area contributed by atoms with E-state index in [0.717, 1.165) is 11.8 Å². The zero-order valence-corrected chi connectivity index (χ0v) is 17.5. The molecule has 0 aliphatic heterocycles. The van der Waals surface area contributed by atoms with E-state index in [0.29, 0.717) is 34.2 Å². The number of fused-ring (bicyclic) bond motifs is 3. The van der Waals surface area contributed by atoms with E-state index in [2.05, 4.69) is 10.3 Å². The summed E-state index contributed by atoms with van der Waals surface area (Å²) in [4.78, 5) is 30.2. The van der Waals surface area contributed by atoms with Crippen LogP contribution in [0.1, 0.15) is 13.3 Å². The van der Waals surface area contributed by atoms with Gasteiger partial charge in [-0.05, 0) is 30.7 Å². The van der Waals surface area contributed by atoms with Crippen LogP contribution >= 0.6 is 11.8 Å². The maximum atomic E-state index is 13.0. The number of nitrogens with one attached hydrogen (secondary N) is 1. The van der Waals surface area contributed by atoms with Crippen molar-refractivity contribution in [2.75, 3.05) is 18.2 Å². The lowest BCUT2D eigenvalue weighted by Crippen LogP contribution is -2.23. The van der Waals surface area contributed by atoms with Gasteiger partial charge in [0.25, 0.3) is 5.56 Å². The van der Waals surface area contributed by atoms with Gasteiger partial charge >= 0.3 is 0 Å². The zero-order valence-electron chi connectivity index (χ0n) is 16.7. The molecule has 2 heterocycles. The molecule has 0 bridgehead atoms. The van der Waals surface area contributed by atoms with Crippen LogP contribution in [0.2, 0.25) is 0 Å². The van der Waals surface area contributed by atoms with Gasteiger partial charge in [-0.3, -0.25) is 14.2 Å². The molecule has 0 unspecified atom stereocenters. The van der Waals surface area contributed by atoms with Crippen molar-refractivity contribution in [3.63, 3.8) is 0 Å². The third-order valence-electron chi connectivity index (χ3n) is 4.61. The molecule has 1 N–H and O–H groups in total. The molecule has 0 spiro atoms. The molecule has 30 heavy (non-hydrogen) atoms. The van der Waals surface area contributed by atoms with Gasteiger partial charge in [0, 0.05) is 11.9 Å². The van der Waals surface area contributed by atoms with Crippen molar-refractivity contribution in [3.8, 4) is 5.75 Å². The summed E-state index contributed by atoms with van der Waals surface area (Å²) in [7, 11) is 1.55. The number of nitrogens with zero attached hydrogens (tertiary/aromatic N) is 2. The van der Waals surface area contributed by atoms with Gasteiger partial charge in [0.2, 0.25) is 11.5 Å². The molecule has 1 amide bonds. The summed E-state index contributed by atoms with van der Waals surface area (Å²) in [5.74, 6) is 0.484. The summed E-state index contributed by atoms with van der Waals surface area (Å²) in [6.07, 6.45) is 0.758. The minimum Gasteiger partial charge on any atom is -0.495 e. The highest BCUT2D eigenvalue weighted by atomic mass is 32.2. The van der Waals surface area contributed by atoms with Crippen molar-refractivity contribution in [1.82, 2.24) is 9.55 Å². The number of para-hydroxylation sites is 3. The Labute approximate surface area is 177 Å². The monoisotopic (exact) mass is 423 g/mol. The SMILES string of the molecule is CCCn1c(SCC(=O)Nc2ccccc2OC)nc2c(oc3ccccc32)c1=O. The molecular formula is C22H21N3O4S. The summed E-state index contributed by atoms with van der Waals surface area (Å²) in [5, 5.41) is 4.12. The quantitative estimate of drug-likeness (QED) is 0.352. The first-order valence-corrected chi connectivity index (χ1v) is 10.6. The molecule has 0 saturated carbocycles. The summed E-state index contributed by atoms with van der Waals surface area (Å²) in [5.41, 5.74) is 1.76. The number of ether oxygens (including phenoxy) is 1. The molecule has 2 aromatic carbocycles. The van der Waals surface area contributed by atoms with Gasteiger partial charge in [0.05, 0.1) is 18.6 Å². The van der Waals surface area contributed by atoms with Crippen LogP contribution < -0.4 is 15.6 Å². The Morgan fingerprint density at radius 2 is 1.97 bits per heavy atom. The van der Waals surface area contributed by atoms with Crippen LogP contribution in [0, 0.1) is 0 Å². The van der Waals surface area contributed by atoms with Crippen LogP contribution in [0.3, 0.4) is 0 Å². The first kappa shape index (κ1) is 20.0. The number of anilines is 1. The number of benzene rings is 2. The third-order valence-corrected chi connectivity index (χ3v) is 5.58. The van der Waals surface area contributed by atoms with E-state index in [4.69, 9.17) is 9.15 Å².